The molecule has 2 aliphatic rings. The Morgan fingerprint density at radius 1 is 1.11 bits per heavy atom. The first-order chi connectivity index (χ1) is 17.5. The van der Waals surface area contributed by atoms with Crippen molar-refractivity contribution in [2.75, 3.05) is 53.6 Å². The Kier molecular flexibility index (Phi) is 6.67. The van der Waals surface area contributed by atoms with Crippen LogP contribution in [0, 0.1) is 0 Å². The molecule has 0 spiro atoms. The number of nitrogens with one attached hydrogen (secondary N) is 1. The summed E-state index contributed by atoms with van der Waals surface area (Å²) in [4.78, 5) is 30.0. The molecule has 0 bridgehead atoms. The third-order valence-electron chi connectivity index (χ3n) is 6.83. The summed E-state index contributed by atoms with van der Waals surface area (Å²) in [5, 5.41) is 11.8. The molecule has 0 aliphatic carbocycles. The minimum Gasteiger partial charge on any atom is -0.503 e. The number of furan rings is 1. The molecule has 0 saturated carbocycles. The van der Waals surface area contributed by atoms with E-state index in [1.165, 1.54) is 24.0 Å². The van der Waals surface area contributed by atoms with Gasteiger partial charge in [0.2, 0.25) is 5.78 Å². The number of hydrogen-bond donors (Lipinski definition) is 2. The molecule has 2 N–H and O–H groups in total. The molecule has 188 valence electrons. The number of nitrogens with zero attached hydrogens (tertiary/aromatic N) is 1. The molecule has 2 aromatic carbocycles. The first-order valence-corrected chi connectivity index (χ1v) is 11.9. The maximum absolute atomic E-state index is 13.8. The highest BCUT2D eigenvalue weighted by Crippen LogP contribution is 2.45. The summed E-state index contributed by atoms with van der Waals surface area (Å²) in [5.41, 5.74) is 1.06. The minimum absolute atomic E-state index is 0.0393. The number of aliphatic hydroxyl groups excluding tert-OH is 1. The van der Waals surface area contributed by atoms with Crippen molar-refractivity contribution in [1.29, 1.82) is 0 Å². The number of carbonyl (C=O) groups is 2. The van der Waals surface area contributed by atoms with Crippen molar-refractivity contribution in [3.8, 4) is 11.5 Å². The van der Waals surface area contributed by atoms with Crippen molar-refractivity contribution in [2.24, 2.45) is 0 Å². The maximum Gasteiger partial charge on any atom is 0.290 e. The normalized spacial score (nSPS) is 18.8. The second kappa shape index (κ2) is 10.0. The number of Topliss-reactive ketones (excluding diaryl/α,β-unsaturated/α-hetero) is 1. The molecule has 3 aromatic rings. The standard InChI is InChI=1S/C27H28N2O7/c1-33-20-9-5-7-18(26(20)34-2)23-22(24(30)21-16-17-6-3-4-8-19(17)36-21)25(31)27(32)29(23)11-10-28-12-14-35-15-13-28/h3-9,16,23,31H,10-15H2,1-2H3/p+1/t23-/m0/s1. The SMILES string of the molecule is COc1cccc([C@H]2C(C(=O)c3cc4ccccc4o3)=C(O)C(=O)N2CC[NH+]2CCOCC2)c1OC. The first-order valence-electron chi connectivity index (χ1n) is 11.9. The third-order valence-corrected chi connectivity index (χ3v) is 6.83. The molecule has 1 fully saturated rings. The Labute approximate surface area is 208 Å². The molecule has 3 heterocycles. The maximum atomic E-state index is 13.8. The van der Waals surface area contributed by atoms with Gasteiger partial charge in [0.15, 0.2) is 23.0 Å². The highest BCUT2D eigenvalue weighted by Gasteiger charge is 2.46. The van der Waals surface area contributed by atoms with Crippen molar-refractivity contribution < 1.29 is 38.2 Å². The predicted molar refractivity (Wildman–Crippen MR) is 131 cm³/mol. The quantitative estimate of drug-likeness (QED) is 0.463. The summed E-state index contributed by atoms with van der Waals surface area (Å²) in [6, 6.07) is 13.3. The van der Waals surface area contributed by atoms with Crippen LogP contribution in [0.1, 0.15) is 22.2 Å². The number of quaternary nitrogens is 1. The van der Waals surface area contributed by atoms with Gasteiger partial charge in [-0.1, -0.05) is 30.3 Å². The lowest BCUT2D eigenvalue weighted by molar-refractivity contribution is -0.907. The zero-order valence-corrected chi connectivity index (χ0v) is 20.3. The van der Waals surface area contributed by atoms with Crippen molar-refractivity contribution >= 4 is 22.7 Å². The predicted octanol–water partition coefficient (Wildman–Crippen LogP) is 1.94. The lowest BCUT2D eigenvalue weighted by Gasteiger charge is -2.30. The molecule has 1 saturated heterocycles. The van der Waals surface area contributed by atoms with Gasteiger partial charge >= 0.3 is 0 Å². The molecule has 0 radical (unpaired) electrons. The van der Waals surface area contributed by atoms with Crippen molar-refractivity contribution in [3.05, 3.63) is 71.2 Å². The first kappa shape index (κ1) is 23.9. The van der Waals surface area contributed by atoms with E-state index >= 15 is 0 Å². The van der Waals surface area contributed by atoms with Gasteiger partial charge in [0, 0.05) is 10.9 Å². The Morgan fingerprint density at radius 2 is 1.89 bits per heavy atom. The van der Waals surface area contributed by atoms with E-state index in [4.69, 9.17) is 18.6 Å². The fourth-order valence-corrected chi connectivity index (χ4v) is 4.98. The molecule has 1 amide bonds. The number of para-hydroxylation sites is 2. The zero-order valence-electron chi connectivity index (χ0n) is 20.3. The Bertz CT molecular complexity index is 1290. The number of morpholine rings is 1. The summed E-state index contributed by atoms with van der Waals surface area (Å²) in [6.07, 6.45) is 0. The molecule has 9 heteroatoms. The fourth-order valence-electron chi connectivity index (χ4n) is 4.98. The van der Waals surface area contributed by atoms with Crippen LogP contribution in [-0.4, -0.2) is 75.3 Å². The summed E-state index contributed by atoms with van der Waals surface area (Å²) in [6.45, 7) is 3.97. The Balaban J connectivity index is 1.57. The van der Waals surface area contributed by atoms with E-state index in [-0.39, 0.29) is 11.3 Å². The van der Waals surface area contributed by atoms with Gasteiger partial charge in [0.1, 0.15) is 18.7 Å². The molecule has 0 unspecified atom stereocenters. The van der Waals surface area contributed by atoms with E-state index in [0.717, 1.165) is 18.5 Å². The number of amides is 1. The molecule has 1 aromatic heterocycles. The van der Waals surface area contributed by atoms with Crippen LogP contribution in [0.3, 0.4) is 0 Å². The van der Waals surface area contributed by atoms with Crippen LogP contribution in [0.5, 0.6) is 11.5 Å². The third kappa shape index (κ3) is 4.20. The van der Waals surface area contributed by atoms with Crippen molar-refractivity contribution in [1.82, 2.24) is 4.90 Å². The zero-order chi connectivity index (χ0) is 25.2. The fraction of sp³-hybridized carbons (Fsp3) is 0.333. The van der Waals surface area contributed by atoms with E-state index in [2.05, 4.69) is 0 Å². The van der Waals surface area contributed by atoms with Gasteiger partial charge in [-0.15, -0.1) is 0 Å². The summed E-state index contributed by atoms with van der Waals surface area (Å²) in [5.74, 6) is -0.815. The molecule has 5 rings (SSSR count). The average molecular weight is 494 g/mol. The molecule has 9 nitrogen and oxygen atoms in total. The second-order valence-corrected chi connectivity index (χ2v) is 8.84. The van der Waals surface area contributed by atoms with Crippen molar-refractivity contribution in [3.63, 3.8) is 0 Å². The van der Waals surface area contributed by atoms with E-state index in [1.54, 1.807) is 30.3 Å². The smallest absolute Gasteiger partial charge is 0.290 e. The summed E-state index contributed by atoms with van der Waals surface area (Å²) < 4.78 is 22.4. The van der Waals surface area contributed by atoms with Crippen LogP contribution in [-0.2, 0) is 9.53 Å². The topological polar surface area (TPSA) is 103 Å². The van der Waals surface area contributed by atoms with Gasteiger partial charge in [-0.3, -0.25) is 9.59 Å². The number of aliphatic hydroxyl groups is 1. The highest BCUT2D eigenvalue weighted by molar-refractivity contribution is 6.16. The van der Waals surface area contributed by atoms with Crippen LogP contribution >= 0.6 is 0 Å². The Morgan fingerprint density at radius 3 is 2.61 bits per heavy atom. The number of carbonyl (C=O) groups excluding carboxylic acids is 2. The van der Waals surface area contributed by atoms with Gasteiger partial charge in [-0.2, -0.15) is 0 Å². The minimum atomic E-state index is -0.872. The van der Waals surface area contributed by atoms with Crippen LogP contribution in [0.2, 0.25) is 0 Å². The van der Waals surface area contributed by atoms with Crippen molar-refractivity contribution in [2.45, 2.75) is 6.04 Å². The number of fused-ring (bicyclic) bond motifs is 1. The number of benzene rings is 2. The number of methoxy groups -OCH3 is 2. The molecular formula is C27H29N2O7+. The van der Waals surface area contributed by atoms with Gasteiger partial charge in [0.05, 0.1) is 52.1 Å². The number of ketones is 1. The lowest BCUT2D eigenvalue weighted by atomic mass is 9.94. The monoisotopic (exact) mass is 493 g/mol. The van der Waals surface area contributed by atoms with Crippen LogP contribution in [0.15, 0.2) is 64.3 Å². The van der Waals surface area contributed by atoms with Crippen LogP contribution < -0.4 is 14.4 Å². The summed E-state index contributed by atoms with van der Waals surface area (Å²) >= 11 is 0. The van der Waals surface area contributed by atoms with Gasteiger partial charge in [-0.05, 0) is 18.2 Å². The average Bonchev–Trinajstić information content (AvgIpc) is 3.46. The number of rotatable bonds is 8. The summed E-state index contributed by atoms with van der Waals surface area (Å²) in [7, 11) is 3.03. The largest absolute Gasteiger partial charge is 0.503 e. The molecule has 36 heavy (non-hydrogen) atoms. The van der Waals surface area contributed by atoms with E-state index in [1.807, 2.05) is 18.2 Å². The molecule has 1 atom stereocenters. The van der Waals surface area contributed by atoms with Crippen LogP contribution in [0.25, 0.3) is 11.0 Å². The van der Waals surface area contributed by atoms with Crippen LogP contribution in [0.4, 0.5) is 0 Å². The van der Waals surface area contributed by atoms with Gasteiger partial charge in [0.25, 0.3) is 5.91 Å². The van der Waals surface area contributed by atoms with E-state index in [9.17, 15) is 14.7 Å². The second-order valence-electron chi connectivity index (χ2n) is 8.84. The van der Waals surface area contributed by atoms with Gasteiger partial charge < -0.3 is 33.5 Å². The highest BCUT2D eigenvalue weighted by atomic mass is 16.5. The number of ether oxygens (including phenoxy) is 3. The lowest BCUT2D eigenvalue weighted by Crippen LogP contribution is -3.14. The number of hydrogen-bond acceptors (Lipinski definition) is 7. The van der Waals surface area contributed by atoms with Gasteiger partial charge in [-0.25, -0.2) is 0 Å². The molecule has 2 aliphatic heterocycles. The van der Waals surface area contributed by atoms with E-state index in [0.29, 0.717) is 48.9 Å². The Hall–Kier alpha value is -3.82. The molecular weight excluding hydrogens is 464 g/mol. The van der Waals surface area contributed by atoms with E-state index < -0.39 is 23.5 Å².